The van der Waals surface area contributed by atoms with Crippen molar-refractivity contribution in [2.24, 2.45) is 0 Å². The largest absolute Gasteiger partial charge is 0.501 e. The first-order valence-electron chi connectivity index (χ1n) is 6.16. The van der Waals surface area contributed by atoms with E-state index in [-0.39, 0.29) is 5.69 Å². The second-order valence-electron chi connectivity index (χ2n) is 5.52. The number of aldehydes is 1. The van der Waals surface area contributed by atoms with Crippen molar-refractivity contribution < 1.29 is 18.8 Å². The molecule has 1 fully saturated rings. The number of pyridine rings is 1. The van der Waals surface area contributed by atoms with E-state index in [0.717, 1.165) is 0 Å². The predicted octanol–water partition coefficient (Wildman–Crippen LogP) is 1.20. The summed E-state index contributed by atoms with van der Waals surface area (Å²) in [6, 6.07) is 1.69. The van der Waals surface area contributed by atoms with E-state index in [1.807, 2.05) is 27.7 Å². The number of carbonyl (C=O) groups excluding carboxylic acids is 1. The van der Waals surface area contributed by atoms with E-state index in [4.69, 9.17) is 14.0 Å². The molecule has 0 atom stereocenters. The van der Waals surface area contributed by atoms with Gasteiger partial charge in [0.1, 0.15) is 11.4 Å². The van der Waals surface area contributed by atoms with E-state index in [2.05, 4.69) is 4.98 Å². The van der Waals surface area contributed by atoms with Crippen LogP contribution in [0.4, 0.5) is 0 Å². The maximum atomic E-state index is 11.1. The first-order chi connectivity index (χ1) is 8.82. The number of carbonyl (C=O) groups is 1. The Morgan fingerprint density at radius 2 is 1.84 bits per heavy atom. The summed E-state index contributed by atoms with van der Waals surface area (Å²) >= 11 is 0. The van der Waals surface area contributed by atoms with Crippen LogP contribution in [0.3, 0.4) is 0 Å². The van der Waals surface area contributed by atoms with Gasteiger partial charge in [-0.1, -0.05) is 0 Å². The molecule has 0 radical (unpaired) electrons. The van der Waals surface area contributed by atoms with Crippen molar-refractivity contribution in [2.75, 3.05) is 7.11 Å². The number of rotatable bonds is 3. The number of methoxy groups -OCH3 is 1. The number of nitrogens with zero attached hydrogens (tertiary/aromatic N) is 1. The molecule has 0 saturated carbocycles. The highest BCUT2D eigenvalue weighted by atomic mass is 16.7. The molecule has 102 valence electrons. The van der Waals surface area contributed by atoms with Gasteiger partial charge in [0.2, 0.25) is 0 Å². The van der Waals surface area contributed by atoms with Crippen LogP contribution in [0.2, 0.25) is 0 Å². The highest BCUT2D eigenvalue weighted by Crippen LogP contribution is 2.37. The summed E-state index contributed by atoms with van der Waals surface area (Å²) in [6.07, 6.45) is 2.21. The maximum absolute atomic E-state index is 11.1. The molecule has 1 aliphatic rings. The molecule has 0 bridgehead atoms. The van der Waals surface area contributed by atoms with E-state index in [0.29, 0.717) is 17.5 Å². The van der Waals surface area contributed by atoms with Crippen LogP contribution in [0.25, 0.3) is 0 Å². The third-order valence-electron chi connectivity index (χ3n) is 3.80. The minimum Gasteiger partial charge on any atom is -0.497 e. The molecule has 1 aromatic heterocycles. The summed E-state index contributed by atoms with van der Waals surface area (Å²) in [5.74, 6) is 0.538. The zero-order chi connectivity index (χ0) is 14.3. The summed E-state index contributed by atoms with van der Waals surface area (Å²) < 4.78 is 17.1. The first kappa shape index (κ1) is 14.0. The molecule has 0 spiro atoms. The Hall–Kier alpha value is -1.40. The molecule has 2 heterocycles. The number of hydrogen-bond acceptors (Lipinski definition) is 5. The van der Waals surface area contributed by atoms with Crippen LogP contribution in [-0.4, -0.2) is 36.7 Å². The molecule has 5 nitrogen and oxygen atoms in total. The van der Waals surface area contributed by atoms with Gasteiger partial charge in [0.05, 0.1) is 23.8 Å². The molecule has 6 heteroatoms. The van der Waals surface area contributed by atoms with E-state index in [1.165, 1.54) is 6.20 Å². The standard InChI is InChI=1S/C13H18BNO4/c1-12(2)13(3,4)19-14(18-12)11-9(8-16)15-7-6-10(11)17-5/h6-8H,1-5H3. The number of ether oxygens (including phenoxy) is 1. The van der Waals surface area contributed by atoms with Gasteiger partial charge in [-0.05, 0) is 33.8 Å². The zero-order valence-corrected chi connectivity index (χ0v) is 11.9. The first-order valence-corrected chi connectivity index (χ1v) is 6.16. The van der Waals surface area contributed by atoms with Gasteiger partial charge in [-0.2, -0.15) is 0 Å². The van der Waals surface area contributed by atoms with E-state index < -0.39 is 18.3 Å². The minimum absolute atomic E-state index is 0.276. The highest BCUT2D eigenvalue weighted by Gasteiger charge is 2.53. The molecule has 0 aliphatic carbocycles. The van der Waals surface area contributed by atoms with E-state index in [9.17, 15) is 4.79 Å². The summed E-state index contributed by atoms with van der Waals surface area (Å²) in [7, 11) is 0.882. The van der Waals surface area contributed by atoms with Crippen molar-refractivity contribution >= 4 is 18.9 Å². The van der Waals surface area contributed by atoms with Crippen molar-refractivity contribution in [3.63, 3.8) is 0 Å². The lowest BCUT2D eigenvalue weighted by atomic mass is 9.77. The zero-order valence-electron chi connectivity index (χ0n) is 11.9. The maximum Gasteiger partial charge on any atom is 0.501 e. The molecule has 0 N–H and O–H groups in total. The topological polar surface area (TPSA) is 57.7 Å². The number of hydrogen-bond donors (Lipinski definition) is 0. The average molecular weight is 263 g/mol. The molecule has 1 saturated heterocycles. The molecule has 19 heavy (non-hydrogen) atoms. The highest BCUT2D eigenvalue weighted by molar-refractivity contribution is 6.64. The Labute approximate surface area is 113 Å². The monoisotopic (exact) mass is 263 g/mol. The molecular weight excluding hydrogens is 245 g/mol. The Balaban J connectivity index is 2.47. The fraction of sp³-hybridized carbons (Fsp3) is 0.538. The molecule has 1 aromatic rings. The molecule has 1 aliphatic heterocycles. The fourth-order valence-corrected chi connectivity index (χ4v) is 1.94. The van der Waals surface area contributed by atoms with Crippen LogP contribution in [0.5, 0.6) is 5.75 Å². The fourth-order valence-electron chi connectivity index (χ4n) is 1.94. The summed E-state index contributed by atoms with van der Waals surface area (Å²) in [5, 5.41) is 0. The van der Waals surface area contributed by atoms with Gasteiger partial charge >= 0.3 is 7.12 Å². The van der Waals surface area contributed by atoms with Gasteiger partial charge in [-0.15, -0.1) is 0 Å². The lowest BCUT2D eigenvalue weighted by Crippen LogP contribution is -2.41. The van der Waals surface area contributed by atoms with E-state index in [1.54, 1.807) is 13.2 Å². The second-order valence-corrected chi connectivity index (χ2v) is 5.52. The SMILES string of the molecule is COc1ccnc(C=O)c1B1OC(C)(C)C(C)(C)O1. The smallest absolute Gasteiger partial charge is 0.497 e. The van der Waals surface area contributed by atoms with Crippen LogP contribution in [0.15, 0.2) is 12.3 Å². The predicted molar refractivity (Wildman–Crippen MR) is 71.9 cm³/mol. The lowest BCUT2D eigenvalue weighted by Gasteiger charge is -2.32. The van der Waals surface area contributed by atoms with Crippen molar-refractivity contribution in [3.05, 3.63) is 18.0 Å². The van der Waals surface area contributed by atoms with Crippen molar-refractivity contribution in [1.82, 2.24) is 4.98 Å². The van der Waals surface area contributed by atoms with Crippen LogP contribution in [0.1, 0.15) is 38.2 Å². The Morgan fingerprint density at radius 3 is 2.32 bits per heavy atom. The summed E-state index contributed by atoms with van der Waals surface area (Å²) in [6.45, 7) is 7.82. The molecular formula is C13H18BNO4. The van der Waals surface area contributed by atoms with E-state index >= 15 is 0 Å². The number of aromatic nitrogens is 1. The van der Waals surface area contributed by atoms with Gasteiger partial charge < -0.3 is 14.0 Å². The van der Waals surface area contributed by atoms with Crippen LogP contribution >= 0.6 is 0 Å². The quantitative estimate of drug-likeness (QED) is 0.605. The molecule has 0 unspecified atom stereocenters. The second kappa shape index (κ2) is 4.61. The third kappa shape index (κ3) is 2.26. The van der Waals surface area contributed by atoms with Gasteiger partial charge in [-0.3, -0.25) is 9.78 Å². The van der Waals surface area contributed by atoms with Crippen molar-refractivity contribution in [2.45, 2.75) is 38.9 Å². The Morgan fingerprint density at radius 1 is 1.26 bits per heavy atom. The molecule has 0 aromatic carbocycles. The normalized spacial score (nSPS) is 20.4. The van der Waals surface area contributed by atoms with Crippen LogP contribution in [-0.2, 0) is 9.31 Å². The lowest BCUT2D eigenvalue weighted by molar-refractivity contribution is 0.00578. The minimum atomic E-state index is -0.658. The van der Waals surface area contributed by atoms with Crippen LogP contribution in [0, 0.1) is 0 Å². The molecule has 2 rings (SSSR count). The third-order valence-corrected chi connectivity index (χ3v) is 3.80. The van der Waals surface area contributed by atoms with Crippen molar-refractivity contribution in [1.29, 1.82) is 0 Å². The van der Waals surface area contributed by atoms with Gasteiger partial charge in [0.25, 0.3) is 0 Å². The molecule has 0 amide bonds. The summed E-state index contributed by atoms with van der Waals surface area (Å²) in [4.78, 5) is 15.2. The van der Waals surface area contributed by atoms with Crippen LogP contribution < -0.4 is 10.2 Å². The van der Waals surface area contributed by atoms with Gasteiger partial charge in [-0.25, -0.2) is 0 Å². The van der Waals surface area contributed by atoms with Gasteiger partial charge in [0, 0.05) is 6.20 Å². The Bertz CT molecular complexity index is 485. The van der Waals surface area contributed by atoms with Gasteiger partial charge in [0.15, 0.2) is 6.29 Å². The average Bonchev–Trinajstić information content (AvgIpc) is 2.57. The Kier molecular flexibility index (Phi) is 3.41. The van der Waals surface area contributed by atoms with Crippen molar-refractivity contribution in [3.8, 4) is 5.75 Å². The summed E-state index contributed by atoms with van der Waals surface area (Å²) in [5.41, 5.74) is -0.131.